The average Bonchev–Trinajstić information content (AvgIpc) is 2.16. The van der Waals surface area contributed by atoms with E-state index in [0.29, 0.717) is 16.6 Å². The third-order valence-corrected chi connectivity index (χ3v) is 2.45. The maximum absolute atomic E-state index is 5.98. The highest BCUT2D eigenvalue weighted by Gasteiger charge is 2.02. The zero-order valence-electron chi connectivity index (χ0n) is 7.85. The third kappa shape index (κ3) is 3.23. The van der Waals surface area contributed by atoms with E-state index in [2.05, 4.69) is 11.2 Å². The Hall–Kier alpha value is -0.680. The van der Waals surface area contributed by atoms with Crippen molar-refractivity contribution in [3.63, 3.8) is 0 Å². The fourth-order valence-corrected chi connectivity index (χ4v) is 1.46. The fourth-order valence-electron chi connectivity index (χ4n) is 0.987. The Balaban J connectivity index is 2.64. The van der Waals surface area contributed by atoms with Crippen LogP contribution in [-0.4, -0.2) is 6.04 Å². The van der Waals surface area contributed by atoms with Gasteiger partial charge in [-0.3, -0.25) is 5.32 Å². The highest BCUT2D eigenvalue weighted by molar-refractivity contribution is 6.35. The van der Waals surface area contributed by atoms with Gasteiger partial charge in [0.15, 0.2) is 0 Å². The molecule has 0 saturated heterocycles. The SMILES string of the molecule is C#CC(C)NCc1ccc(Cl)cc1Cl. The number of benzene rings is 1. The van der Waals surface area contributed by atoms with Crippen LogP contribution < -0.4 is 5.32 Å². The van der Waals surface area contributed by atoms with E-state index in [1.165, 1.54) is 0 Å². The van der Waals surface area contributed by atoms with Crippen LogP contribution in [0.25, 0.3) is 0 Å². The van der Waals surface area contributed by atoms with Gasteiger partial charge < -0.3 is 0 Å². The van der Waals surface area contributed by atoms with E-state index >= 15 is 0 Å². The molecule has 0 heterocycles. The molecule has 0 aliphatic rings. The summed E-state index contributed by atoms with van der Waals surface area (Å²) in [6.45, 7) is 2.57. The summed E-state index contributed by atoms with van der Waals surface area (Å²) in [4.78, 5) is 0. The van der Waals surface area contributed by atoms with E-state index < -0.39 is 0 Å². The molecule has 1 rings (SSSR count). The smallest absolute Gasteiger partial charge is 0.0660 e. The predicted octanol–water partition coefficient (Wildman–Crippen LogP) is 3.10. The van der Waals surface area contributed by atoms with Gasteiger partial charge in [-0.2, -0.15) is 0 Å². The maximum Gasteiger partial charge on any atom is 0.0660 e. The number of halogens is 2. The highest BCUT2D eigenvalue weighted by Crippen LogP contribution is 2.20. The molecule has 1 aromatic rings. The van der Waals surface area contributed by atoms with Crippen LogP contribution in [0.3, 0.4) is 0 Å². The second-order valence-electron chi connectivity index (χ2n) is 3.00. The van der Waals surface area contributed by atoms with Crippen molar-refractivity contribution in [2.24, 2.45) is 0 Å². The van der Waals surface area contributed by atoms with Crippen LogP contribution in [0.5, 0.6) is 0 Å². The molecule has 0 saturated carbocycles. The van der Waals surface area contributed by atoms with Gasteiger partial charge in [0.2, 0.25) is 0 Å². The molecule has 1 aromatic carbocycles. The maximum atomic E-state index is 5.98. The first kappa shape index (κ1) is 11.4. The molecule has 1 atom stereocenters. The van der Waals surface area contributed by atoms with Gasteiger partial charge >= 0.3 is 0 Å². The van der Waals surface area contributed by atoms with Crippen molar-refractivity contribution in [3.05, 3.63) is 33.8 Å². The number of hydrogen-bond donors (Lipinski definition) is 1. The van der Waals surface area contributed by atoms with Gasteiger partial charge in [0.05, 0.1) is 6.04 Å². The van der Waals surface area contributed by atoms with Gasteiger partial charge in [0, 0.05) is 16.6 Å². The fraction of sp³-hybridized carbons (Fsp3) is 0.273. The van der Waals surface area contributed by atoms with E-state index in [4.69, 9.17) is 29.6 Å². The van der Waals surface area contributed by atoms with Crippen molar-refractivity contribution in [3.8, 4) is 12.3 Å². The zero-order chi connectivity index (χ0) is 10.6. The topological polar surface area (TPSA) is 12.0 Å². The van der Waals surface area contributed by atoms with Gasteiger partial charge in [0.1, 0.15) is 0 Å². The number of nitrogens with one attached hydrogen (secondary N) is 1. The van der Waals surface area contributed by atoms with Crippen LogP contribution >= 0.6 is 23.2 Å². The summed E-state index contributed by atoms with van der Waals surface area (Å²) in [5.74, 6) is 2.59. The van der Waals surface area contributed by atoms with Crippen LogP contribution in [-0.2, 0) is 6.54 Å². The lowest BCUT2D eigenvalue weighted by Gasteiger charge is -2.08. The zero-order valence-corrected chi connectivity index (χ0v) is 9.36. The normalized spacial score (nSPS) is 12.1. The van der Waals surface area contributed by atoms with Crippen LogP contribution in [0.1, 0.15) is 12.5 Å². The highest BCUT2D eigenvalue weighted by atomic mass is 35.5. The molecule has 1 N–H and O–H groups in total. The molecule has 0 bridgehead atoms. The van der Waals surface area contributed by atoms with Crippen molar-refractivity contribution in [1.82, 2.24) is 5.32 Å². The van der Waals surface area contributed by atoms with Gasteiger partial charge in [-0.15, -0.1) is 6.42 Å². The largest absolute Gasteiger partial charge is 0.300 e. The lowest BCUT2D eigenvalue weighted by atomic mass is 10.2. The second kappa shape index (κ2) is 5.26. The minimum Gasteiger partial charge on any atom is -0.300 e. The summed E-state index contributed by atoms with van der Waals surface area (Å²) in [7, 11) is 0. The molecule has 0 aliphatic heterocycles. The van der Waals surface area contributed by atoms with Crippen molar-refractivity contribution in [2.75, 3.05) is 0 Å². The van der Waals surface area contributed by atoms with Crippen molar-refractivity contribution >= 4 is 23.2 Å². The quantitative estimate of drug-likeness (QED) is 0.784. The second-order valence-corrected chi connectivity index (χ2v) is 3.85. The van der Waals surface area contributed by atoms with E-state index in [1.807, 2.05) is 19.1 Å². The van der Waals surface area contributed by atoms with Gasteiger partial charge in [-0.05, 0) is 24.6 Å². The third-order valence-electron chi connectivity index (χ3n) is 1.86. The van der Waals surface area contributed by atoms with Crippen LogP contribution in [0.2, 0.25) is 10.0 Å². The van der Waals surface area contributed by atoms with E-state index in [-0.39, 0.29) is 6.04 Å². The molecule has 1 nitrogen and oxygen atoms in total. The van der Waals surface area contributed by atoms with Crippen LogP contribution in [0, 0.1) is 12.3 Å². The van der Waals surface area contributed by atoms with Crippen molar-refractivity contribution < 1.29 is 0 Å². The average molecular weight is 228 g/mol. The summed E-state index contributed by atoms with van der Waals surface area (Å²) in [5, 5.41) is 4.45. The van der Waals surface area contributed by atoms with Crippen LogP contribution in [0.15, 0.2) is 18.2 Å². The molecular weight excluding hydrogens is 217 g/mol. The van der Waals surface area contributed by atoms with Gasteiger partial charge in [0.25, 0.3) is 0 Å². The molecule has 1 unspecified atom stereocenters. The summed E-state index contributed by atoms with van der Waals surface area (Å²) >= 11 is 11.7. The summed E-state index contributed by atoms with van der Waals surface area (Å²) < 4.78 is 0. The van der Waals surface area contributed by atoms with Gasteiger partial charge in [-0.1, -0.05) is 35.2 Å². The van der Waals surface area contributed by atoms with E-state index in [9.17, 15) is 0 Å². The standard InChI is InChI=1S/C11H11Cl2N/c1-3-8(2)14-7-9-4-5-10(12)6-11(9)13/h1,4-6,8,14H,7H2,2H3. The number of hydrogen-bond acceptors (Lipinski definition) is 1. The number of terminal acetylenes is 1. The molecule has 0 spiro atoms. The summed E-state index contributed by atoms with van der Waals surface area (Å²) in [6.07, 6.45) is 5.23. The molecular formula is C11H11Cl2N. The summed E-state index contributed by atoms with van der Waals surface area (Å²) in [5.41, 5.74) is 0.998. The first-order valence-corrected chi connectivity index (χ1v) is 5.02. The molecule has 0 aromatic heterocycles. The Morgan fingerprint density at radius 3 is 2.79 bits per heavy atom. The van der Waals surface area contributed by atoms with Crippen molar-refractivity contribution in [2.45, 2.75) is 19.5 Å². The molecule has 74 valence electrons. The Morgan fingerprint density at radius 2 is 2.21 bits per heavy atom. The minimum absolute atomic E-state index is 0.0433. The Bertz CT molecular complexity index is 355. The molecule has 0 radical (unpaired) electrons. The predicted molar refractivity (Wildman–Crippen MR) is 61.6 cm³/mol. The lowest BCUT2D eigenvalue weighted by molar-refractivity contribution is 0.648. The molecule has 14 heavy (non-hydrogen) atoms. The first-order chi connectivity index (χ1) is 6.63. The Morgan fingerprint density at radius 1 is 1.50 bits per heavy atom. The number of rotatable bonds is 3. The molecule has 0 fully saturated rings. The minimum atomic E-state index is 0.0433. The van der Waals surface area contributed by atoms with Gasteiger partial charge in [-0.25, -0.2) is 0 Å². The van der Waals surface area contributed by atoms with Crippen LogP contribution in [0.4, 0.5) is 0 Å². The lowest BCUT2D eigenvalue weighted by Crippen LogP contribution is -2.23. The first-order valence-electron chi connectivity index (χ1n) is 4.27. The summed E-state index contributed by atoms with van der Waals surface area (Å²) in [6, 6.07) is 5.47. The van der Waals surface area contributed by atoms with E-state index in [0.717, 1.165) is 5.56 Å². The Kier molecular flexibility index (Phi) is 4.28. The molecule has 0 amide bonds. The van der Waals surface area contributed by atoms with E-state index in [1.54, 1.807) is 6.07 Å². The monoisotopic (exact) mass is 227 g/mol. The van der Waals surface area contributed by atoms with Crippen molar-refractivity contribution in [1.29, 1.82) is 0 Å². The molecule has 3 heteroatoms. The Labute approximate surface area is 94.4 Å². The molecule has 0 aliphatic carbocycles.